The van der Waals surface area contributed by atoms with Gasteiger partial charge < -0.3 is 4.55 Å². The van der Waals surface area contributed by atoms with Gasteiger partial charge in [0.1, 0.15) is 10.1 Å². The molecule has 240 valence electrons. The van der Waals surface area contributed by atoms with Crippen molar-refractivity contribution in [3.8, 4) is 0 Å². The van der Waals surface area contributed by atoms with Crippen molar-refractivity contribution in [2.45, 2.75) is 39.5 Å². The summed E-state index contributed by atoms with van der Waals surface area (Å²) in [5.74, 6) is 7.34. The predicted molar refractivity (Wildman–Crippen MR) is 166 cm³/mol. The third-order valence-electron chi connectivity index (χ3n) is 6.22. The summed E-state index contributed by atoms with van der Waals surface area (Å²) >= 11 is 0. The smallest absolute Gasteiger partial charge is 0.744 e. The van der Waals surface area contributed by atoms with Crippen LogP contribution in [-0.4, -0.2) is 13.0 Å². The SMILES string of the molecule is C[C]1[C](C)[C](C)[C](C)[C]1C.F[P-](F)(F)(F)(F)F.O=S(=O)([O-])c1ccccc1P(c1ccccc1)c1ccccc1.[CH2][CH][CH2].[Ru+4]. The zero-order valence-electron chi connectivity index (χ0n) is 24.7. The summed E-state index contributed by atoms with van der Waals surface area (Å²) in [6.45, 7) is 17.5. The topological polar surface area (TPSA) is 57.2 Å². The summed E-state index contributed by atoms with van der Waals surface area (Å²) in [7, 11) is -16.3. The average molecular weight is 764 g/mol. The first-order valence-electron chi connectivity index (χ1n) is 12.6. The molecule has 0 aromatic heterocycles. The fraction of sp³-hybridized carbons (Fsp3) is 0.161. The van der Waals surface area contributed by atoms with Gasteiger partial charge in [-0.05, 0) is 74.5 Å². The van der Waals surface area contributed by atoms with E-state index in [9.17, 15) is 38.2 Å². The monoisotopic (exact) mass is 764 g/mol. The number of benzene rings is 3. The molecule has 4 rings (SSSR count). The molecule has 1 aliphatic rings. The van der Waals surface area contributed by atoms with E-state index >= 15 is 0 Å². The van der Waals surface area contributed by atoms with Gasteiger partial charge in [0.15, 0.2) is 0 Å². The summed E-state index contributed by atoms with van der Waals surface area (Å²) < 4.78 is 94.2. The van der Waals surface area contributed by atoms with Gasteiger partial charge in [0, 0.05) is 5.30 Å². The molecule has 13 heteroatoms. The van der Waals surface area contributed by atoms with Crippen LogP contribution in [0.3, 0.4) is 0 Å². The molecule has 0 N–H and O–H groups in total. The van der Waals surface area contributed by atoms with Crippen molar-refractivity contribution in [3.05, 3.63) is 135 Å². The molecule has 1 saturated carbocycles. The summed E-state index contributed by atoms with van der Waals surface area (Å²) in [6.07, 6.45) is 1.50. The Bertz CT molecular complexity index is 1290. The van der Waals surface area contributed by atoms with Gasteiger partial charge in [0.05, 0.1) is 4.90 Å². The van der Waals surface area contributed by atoms with Gasteiger partial charge in [-0.1, -0.05) is 113 Å². The zero-order valence-corrected chi connectivity index (χ0v) is 29.1. The van der Waals surface area contributed by atoms with Crippen molar-refractivity contribution in [1.82, 2.24) is 0 Å². The quantitative estimate of drug-likeness (QED) is 0.115. The van der Waals surface area contributed by atoms with Crippen molar-refractivity contribution < 1.29 is 57.6 Å². The van der Waals surface area contributed by atoms with Gasteiger partial charge >= 0.3 is 52.5 Å². The van der Waals surface area contributed by atoms with Crippen molar-refractivity contribution in [1.29, 1.82) is 0 Å². The van der Waals surface area contributed by atoms with Crippen molar-refractivity contribution in [2.75, 3.05) is 0 Å². The van der Waals surface area contributed by atoms with Gasteiger partial charge in [-0.25, -0.2) is 8.42 Å². The van der Waals surface area contributed by atoms with E-state index in [4.69, 9.17) is 0 Å². The van der Waals surface area contributed by atoms with E-state index in [2.05, 4.69) is 48.5 Å². The number of hydrogen-bond donors (Lipinski definition) is 0. The molecule has 8 radical (unpaired) electrons. The summed E-state index contributed by atoms with van der Waals surface area (Å²) in [4.78, 5) is -0.140. The van der Waals surface area contributed by atoms with E-state index in [0.29, 0.717) is 5.30 Å². The minimum absolute atomic E-state index is 0. The van der Waals surface area contributed by atoms with E-state index < -0.39 is 25.8 Å². The molecule has 3 aromatic carbocycles. The Balaban J connectivity index is 0.000000729. The van der Waals surface area contributed by atoms with Crippen LogP contribution in [0.25, 0.3) is 0 Å². The van der Waals surface area contributed by atoms with Crippen LogP contribution >= 0.6 is 15.7 Å². The van der Waals surface area contributed by atoms with Crippen LogP contribution in [0.15, 0.2) is 89.8 Å². The molecule has 44 heavy (non-hydrogen) atoms. The van der Waals surface area contributed by atoms with Gasteiger partial charge in [-0.3, -0.25) is 0 Å². The van der Waals surface area contributed by atoms with E-state index in [-0.39, 0.29) is 24.4 Å². The maximum Gasteiger partial charge on any atom is 4.00 e. The second kappa shape index (κ2) is 16.5. The summed E-state index contributed by atoms with van der Waals surface area (Å²) in [6, 6.07) is 25.8. The van der Waals surface area contributed by atoms with Gasteiger partial charge in [0.2, 0.25) is 0 Å². The van der Waals surface area contributed by atoms with Crippen LogP contribution in [-0.2, 0) is 29.6 Å². The third-order valence-corrected chi connectivity index (χ3v) is 9.76. The van der Waals surface area contributed by atoms with Crippen LogP contribution in [0.2, 0.25) is 0 Å². The zero-order chi connectivity index (χ0) is 33.3. The molecular weight excluding hydrogens is 729 g/mol. The molecule has 0 unspecified atom stereocenters. The first-order chi connectivity index (χ1) is 19.5. The number of halogens is 6. The summed E-state index contributed by atoms with van der Waals surface area (Å²) in [5, 5.41) is 2.57. The molecule has 0 atom stereocenters. The first kappa shape index (κ1) is 42.6. The Labute approximate surface area is 272 Å². The van der Waals surface area contributed by atoms with Crippen molar-refractivity contribution in [3.63, 3.8) is 0 Å². The first-order valence-corrected chi connectivity index (χ1v) is 17.4. The van der Waals surface area contributed by atoms with E-state index in [1.165, 1.54) is 42.1 Å². The normalized spacial score (nSPS) is 16.6. The van der Waals surface area contributed by atoms with E-state index in [1.807, 2.05) is 60.7 Å². The molecular formula is C31H34F6O3P2RuS+2. The molecule has 0 saturated heterocycles. The maximum absolute atomic E-state index is 11.7. The third kappa shape index (κ3) is 15.8. The van der Waals surface area contributed by atoms with Crippen LogP contribution < -0.4 is 15.9 Å². The Hall–Kier alpha value is -1.37. The van der Waals surface area contributed by atoms with Gasteiger partial charge in [-0.2, -0.15) is 0 Å². The number of rotatable bonds is 4. The largest absolute Gasteiger partial charge is 4.00 e. The molecule has 0 aliphatic heterocycles. The predicted octanol–water partition coefficient (Wildman–Crippen LogP) is 9.56. The molecule has 1 aliphatic carbocycles. The number of hydrogen-bond acceptors (Lipinski definition) is 3. The van der Waals surface area contributed by atoms with Gasteiger partial charge in [0.25, 0.3) is 0 Å². The van der Waals surface area contributed by atoms with Crippen molar-refractivity contribution >= 4 is 41.8 Å². The fourth-order valence-corrected chi connectivity index (χ4v) is 7.34. The van der Waals surface area contributed by atoms with Crippen LogP contribution in [0.4, 0.5) is 25.2 Å². The molecule has 1 fully saturated rings. The van der Waals surface area contributed by atoms with E-state index in [0.717, 1.165) is 10.6 Å². The van der Waals surface area contributed by atoms with Crippen LogP contribution in [0, 0.1) is 49.9 Å². The van der Waals surface area contributed by atoms with E-state index in [1.54, 1.807) is 18.2 Å². The average Bonchev–Trinajstić information content (AvgIpc) is 3.06. The van der Waals surface area contributed by atoms with Crippen LogP contribution in [0.5, 0.6) is 0 Å². The van der Waals surface area contributed by atoms with Gasteiger partial charge in [-0.15, -0.1) is 0 Å². The Morgan fingerprint density at radius 3 is 1.14 bits per heavy atom. The Morgan fingerprint density at radius 1 is 0.614 bits per heavy atom. The minimum Gasteiger partial charge on any atom is -0.744 e. The summed E-state index contributed by atoms with van der Waals surface area (Å²) in [5.41, 5.74) is 0. The Kier molecular flexibility index (Phi) is 15.9. The molecule has 3 nitrogen and oxygen atoms in total. The molecule has 0 amide bonds. The maximum atomic E-state index is 11.7. The van der Waals surface area contributed by atoms with Crippen LogP contribution in [0.1, 0.15) is 34.6 Å². The molecule has 3 aromatic rings. The minimum atomic E-state index is -10.7. The molecule has 0 heterocycles. The fourth-order valence-electron chi connectivity index (χ4n) is 3.84. The second-order valence-electron chi connectivity index (χ2n) is 9.30. The van der Waals surface area contributed by atoms with Crippen molar-refractivity contribution in [2.24, 2.45) is 0 Å². The Morgan fingerprint density at radius 2 is 0.864 bits per heavy atom. The molecule has 0 bridgehead atoms. The molecule has 0 spiro atoms. The standard InChI is InChI=1S/C18H15O3PS.C10H15.C3H5.F6P.Ru/c19-23(20,21)18-14-8-7-13-17(18)22(15-9-3-1-4-10-15)16-11-5-2-6-12-16;1-6-7(2)9(4)10(5)8(6)3;1-3-2;1-7(2,3,4,5)6;/h1-14H,(H,19,20,21);1-5H3;3H,1-2H2;;/q;;;-1;+4/p-1. The second-order valence-corrected chi connectivity index (χ2v) is 14.8.